The topological polar surface area (TPSA) is 46.3 Å². The van der Waals surface area contributed by atoms with Crippen LogP contribution in [0.1, 0.15) is 18.4 Å². The Balaban J connectivity index is 2.41. The van der Waals surface area contributed by atoms with Crippen LogP contribution in [0.15, 0.2) is 21.2 Å². The fourth-order valence-electron chi connectivity index (χ4n) is 1.29. The molecule has 2 aromatic heterocycles. The van der Waals surface area contributed by atoms with Gasteiger partial charge >= 0.3 is 0 Å². The fraction of sp³-hybridized carbons (Fsp3) is 0.300. The van der Waals surface area contributed by atoms with E-state index in [1.807, 2.05) is 23.8 Å². The summed E-state index contributed by atoms with van der Waals surface area (Å²) < 4.78 is 5.44. The molecule has 0 atom stereocenters. The average molecular weight is 209 g/mol. The number of aliphatic hydroxyl groups excluding tert-OH is 1. The maximum atomic E-state index is 9.03. The molecule has 4 heteroatoms. The largest absolute Gasteiger partial charge is 0.438 e. The Kier molecular flexibility index (Phi) is 2.65. The summed E-state index contributed by atoms with van der Waals surface area (Å²) >= 11 is 1.60. The molecule has 0 saturated carbocycles. The SMILES string of the molecule is CCc1nc(-c2ccsc2)oc1CO. The van der Waals surface area contributed by atoms with Crippen molar-refractivity contribution in [3.8, 4) is 11.5 Å². The maximum absolute atomic E-state index is 9.03. The second kappa shape index (κ2) is 3.94. The van der Waals surface area contributed by atoms with E-state index in [2.05, 4.69) is 4.98 Å². The highest BCUT2D eigenvalue weighted by Gasteiger charge is 2.12. The summed E-state index contributed by atoms with van der Waals surface area (Å²) in [6, 6.07) is 1.96. The molecule has 0 aliphatic rings. The Hall–Kier alpha value is -1.13. The van der Waals surface area contributed by atoms with Gasteiger partial charge in [0.25, 0.3) is 0 Å². The molecular formula is C10H11NO2S. The summed E-state index contributed by atoms with van der Waals surface area (Å²) in [6.45, 7) is 1.91. The number of oxazole rings is 1. The van der Waals surface area contributed by atoms with E-state index in [0.29, 0.717) is 11.7 Å². The van der Waals surface area contributed by atoms with Gasteiger partial charge in [-0.05, 0) is 17.9 Å². The standard InChI is InChI=1S/C10H11NO2S/c1-2-8-9(5-12)13-10(11-8)7-3-4-14-6-7/h3-4,6,12H,2,5H2,1H3. The minimum atomic E-state index is -0.0830. The molecule has 2 heterocycles. The van der Waals surface area contributed by atoms with Gasteiger partial charge in [-0.1, -0.05) is 6.92 Å². The third-order valence-electron chi connectivity index (χ3n) is 2.02. The van der Waals surface area contributed by atoms with E-state index < -0.39 is 0 Å². The molecule has 0 spiro atoms. The van der Waals surface area contributed by atoms with E-state index in [-0.39, 0.29) is 6.61 Å². The molecule has 2 aromatic rings. The molecule has 14 heavy (non-hydrogen) atoms. The van der Waals surface area contributed by atoms with Crippen LogP contribution in [0.4, 0.5) is 0 Å². The van der Waals surface area contributed by atoms with Crippen molar-refractivity contribution in [3.63, 3.8) is 0 Å². The highest BCUT2D eigenvalue weighted by Crippen LogP contribution is 2.24. The first-order valence-electron chi connectivity index (χ1n) is 4.47. The van der Waals surface area contributed by atoms with Crippen LogP contribution in [-0.2, 0) is 13.0 Å². The van der Waals surface area contributed by atoms with Gasteiger partial charge in [0.1, 0.15) is 6.61 Å². The van der Waals surface area contributed by atoms with Crippen LogP contribution in [0.3, 0.4) is 0 Å². The third-order valence-corrected chi connectivity index (χ3v) is 2.71. The predicted molar refractivity (Wildman–Crippen MR) is 55.1 cm³/mol. The summed E-state index contributed by atoms with van der Waals surface area (Å²) in [6.07, 6.45) is 0.781. The van der Waals surface area contributed by atoms with Crippen molar-refractivity contribution in [1.29, 1.82) is 0 Å². The molecule has 0 amide bonds. The number of thiophene rings is 1. The van der Waals surface area contributed by atoms with Gasteiger partial charge in [0.2, 0.25) is 5.89 Å². The third kappa shape index (κ3) is 1.58. The Labute approximate surface area is 86.0 Å². The van der Waals surface area contributed by atoms with Crippen molar-refractivity contribution in [3.05, 3.63) is 28.3 Å². The highest BCUT2D eigenvalue weighted by molar-refractivity contribution is 7.08. The zero-order valence-corrected chi connectivity index (χ0v) is 8.67. The lowest BCUT2D eigenvalue weighted by molar-refractivity contribution is 0.247. The van der Waals surface area contributed by atoms with Crippen molar-refractivity contribution < 1.29 is 9.52 Å². The zero-order chi connectivity index (χ0) is 9.97. The fourth-order valence-corrected chi connectivity index (χ4v) is 1.92. The van der Waals surface area contributed by atoms with E-state index in [1.54, 1.807) is 11.3 Å². The second-order valence-electron chi connectivity index (χ2n) is 2.91. The summed E-state index contributed by atoms with van der Waals surface area (Å²) in [5, 5.41) is 13.0. The van der Waals surface area contributed by atoms with Crippen LogP contribution in [0.5, 0.6) is 0 Å². The van der Waals surface area contributed by atoms with E-state index in [9.17, 15) is 0 Å². The number of hydrogen-bond donors (Lipinski definition) is 1. The Morgan fingerprint density at radius 1 is 1.57 bits per heavy atom. The van der Waals surface area contributed by atoms with E-state index in [4.69, 9.17) is 9.52 Å². The van der Waals surface area contributed by atoms with Crippen LogP contribution in [0.2, 0.25) is 0 Å². The molecule has 0 aromatic carbocycles. The van der Waals surface area contributed by atoms with Gasteiger partial charge in [-0.3, -0.25) is 0 Å². The molecular weight excluding hydrogens is 198 g/mol. The quantitative estimate of drug-likeness (QED) is 0.844. The van der Waals surface area contributed by atoms with E-state index >= 15 is 0 Å². The molecule has 0 fully saturated rings. The average Bonchev–Trinajstić information content (AvgIpc) is 2.85. The minimum Gasteiger partial charge on any atom is -0.438 e. The lowest BCUT2D eigenvalue weighted by Crippen LogP contribution is -1.87. The van der Waals surface area contributed by atoms with Crippen LogP contribution >= 0.6 is 11.3 Å². The van der Waals surface area contributed by atoms with Crippen molar-refractivity contribution in [2.24, 2.45) is 0 Å². The predicted octanol–water partition coefficient (Wildman–Crippen LogP) is 2.46. The van der Waals surface area contributed by atoms with Gasteiger partial charge in [0.05, 0.1) is 5.69 Å². The Bertz CT molecular complexity index is 384. The van der Waals surface area contributed by atoms with Gasteiger partial charge in [-0.2, -0.15) is 11.3 Å². The van der Waals surface area contributed by atoms with Crippen LogP contribution in [0.25, 0.3) is 11.5 Å². The van der Waals surface area contributed by atoms with Gasteiger partial charge < -0.3 is 9.52 Å². The summed E-state index contributed by atoms with van der Waals surface area (Å²) in [5.74, 6) is 1.18. The van der Waals surface area contributed by atoms with Gasteiger partial charge in [0, 0.05) is 10.9 Å². The van der Waals surface area contributed by atoms with Gasteiger partial charge in [0.15, 0.2) is 5.76 Å². The summed E-state index contributed by atoms with van der Waals surface area (Å²) in [4.78, 5) is 4.32. The Morgan fingerprint density at radius 3 is 2.93 bits per heavy atom. The molecule has 0 aliphatic heterocycles. The first-order valence-corrected chi connectivity index (χ1v) is 5.41. The van der Waals surface area contributed by atoms with Crippen molar-refractivity contribution in [2.75, 3.05) is 0 Å². The highest BCUT2D eigenvalue weighted by atomic mass is 32.1. The Morgan fingerprint density at radius 2 is 2.43 bits per heavy atom. The molecule has 0 bridgehead atoms. The molecule has 0 radical (unpaired) electrons. The number of hydrogen-bond acceptors (Lipinski definition) is 4. The first kappa shape index (κ1) is 9.43. The van der Waals surface area contributed by atoms with E-state index in [1.165, 1.54) is 0 Å². The minimum absolute atomic E-state index is 0.0830. The van der Waals surface area contributed by atoms with Crippen molar-refractivity contribution in [1.82, 2.24) is 4.98 Å². The lowest BCUT2D eigenvalue weighted by Gasteiger charge is -1.89. The van der Waals surface area contributed by atoms with Gasteiger partial charge in [-0.15, -0.1) is 0 Å². The van der Waals surface area contributed by atoms with Crippen LogP contribution in [0, 0.1) is 0 Å². The number of nitrogens with zero attached hydrogens (tertiary/aromatic N) is 1. The normalized spacial score (nSPS) is 10.7. The lowest BCUT2D eigenvalue weighted by atomic mass is 10.3. The van der Waals surface area contributed by atoms with Crippen molar-refractivity contribution >= 4 is 11.3 Å². The number of aliphatic hydroxyl groups is 1. The van der Waals surface area contributed by atoms with Crippen molar-refractivity contribution in [2.45, 2.75) is 20.0 Å². The molecule has 0 saturated heterocycles. The molecule has 3 nitrogen and oxygen atoms in total. The summed E-state index contributed by atoms with van der Waals surface area (Å²) in [7, 11) is 0. The zero-order valence-electron chi connectivity index (χ0n) is 7.86. The molecule has 0 aliphatic carbocycles. The second-order valence-corrected chi connectivity index (χ2v) is 3.69. The maximum Gasteiger partial charge on any atom is 0.227 e. The molecule has 1 N–H and O–H groups in total. The first-order chi connectivity index (χ1) is 6.85. The number of aryl methyl sites for hydroxylation is 1. The number of rotatable bonds is 3. The van der Waals surface area contributed by atoms with Crippen LogP contribution < -0.4 is 0 Å². The number of aromatic nitrogens is 1. The molecule has 74 valence electrons. The molecule has 0 unspecified atom stereocenters. The summed E-state index contributed by atoms with van der Waals surface area (Å²) in [5.41, 5.74) is 1.82. The molecule has 2 rings (SSSR count). The van der Waals surface area contributed by atoms with E-state index in [0.717, 1.165) is 17.7 Å². The monoisotopic (exact) mass is 209 g/mol. The van der Waals surface area contributed by atoms with Crippen LogP contribution in [-0.4, -0.2) is 10.1 Å². The smallest absolute Gasteiger partial charge is 0.227 e. The van der Waals surface area contributed by atoms with Gasteiger partial charge in [-0.25, -0.2) is 4.98 Å².